The number of carbonyl (C=O) groups is 2. The Bertz CT molecular complexity index is 509. The number of imide groups is 1. The summed E-state index contributed by atoms with van der Waals surface area (Å²) in [5, 5.41) is 3.08. The molecule has 2 aromatic rings. The third-order valence-electron chi connectivity index (χ3n) is 2.22. The van der Waals surface area contributed by atoms with Crippen LogP contribution in [0.5, 0.6) is 0 Å². The second-order valence-electron chi connectivity index (χ2n) is 3.38. The molecular formula is C12H11NO3. The van der Waals surface area contributed by atoms with Crippen molar-refractivity contribution < 1.29 is 14.0 Å². The van der Waals surface area contributed by atoms with Crippen LogP contribution in [0.15, 0.2) is 34.7 Å². The SMILES string of the molecule is CCC(=O)NC(=O)c1cc2ccccc2o1. The van der Waals surface area contributed by atoms with Crippen LogP contribution in [0.4, 0.5) is 0 Å². The highest BCUT2D eigenvalue weighted by molar-refractivity contribution is 6.04. The zero-order valence-corrected chi connectivity index (χ0v) is 8.82. The number of benzene rings is 1. The zero-order valence-electron chi connectivity index (χ0n) is 8.82. The minimum Gasteiger partial charge on any atom is -0.451 e. The Morgan fingerprint density at radius 2 is 2.06 bits per heavy atom. The molecule has 1 aromatic heterocycles. The summed E-state index contributed by atoms with van der Waals surface area (Å²) in [6.45, 7) is 1.68. The van der Waals surface area contributed by atoms with Crippen molar-refractivity contribution in [3.05, 3.63) is 36.1 Å². The van der Waals surface area contributed by atoms with Gasteiger partial charge in [0.05, 0.1) is 0 Å². The predicted octanol–water partition coefficient (Wildman–Crippen LogP) is 2.10. The van der Waals surface area contributed by atoms with Gasteiger partial charge < -0.3 is 4.42 Å². The number of fused-ring (bicyclic) bond motifs is 1. The maximum Gasteiger partial charge on any atom is 0.293 e. The Labute approximate surface area is 92.2 Å². The molecule has 2 amide bonds. The molecule has 0 saturated heterocycles. The van der Waals surface area contributed by atoms with Crippen molar-refractivity contribution in [2.45, 2.75) is 13.3 Å². The fourth-order valence-electron chi connectivity index (χ4n) is 1.37. The maximum atomic E-state index is 11.6. The van der Waals surface area contributed by atoms with Crippen molar-refractivity contribution in [2.24, 2.45) is 0 Å². The molecular weight excluding hydrogens is 206 g/mol. The molecule has 0 atom stereocenters. The van der Waals surface area contributed by atoms with Crippen molar-refractivity contribution in [1.29, 1.82) is 0 Å². The Morgan fingerprint density at radius 3 is 2.75 bits per heavy atom. The minimum absolute atomic E-state index is 0.156. The summed E-state index contributed by atoms with van der Waals surface area (Å²) in [5.74, 6) is -0.656. The van der Waals surface area contributed by atoms with E-state index in [1.165, 1.54) is 0 Å². The third-order valence-corrected chi connectivity index (χ3v) is 2.22. The highest BCUT2D eigenvalue weighted by Gasteiger charge is 2.13. The van der Waals surface area contributed by atoms with Crippen molar-refractivity contribution >= 4 is 22.8 Å². The first-order valence-corrected chi connectivity index (χ1v) is 5.03. The molecule has 0 saturated carbocycles. The standard InChI is InChI=1S/C12H11NO3/c1-2-11(14)13-12(15)10-7-8-5-3-4-6-9(8)16-10/h3-7H,2H2,1H3,(H,13,14,15). The van der Waals surface area contributed by atoms with E-state index in [4.69, 9.17) is 4.42 Å². The van der Waals surface area contributed by atoms with E-state index in [0.29, 0.717) is 5.58 Å². The Hall–Kier alpha value is -2.10. The van der Waals surface area contributed by atoms with Crippen LogP contribution >= 0.6 is 0 Å². The van der Waals surface area contributed by atoms with Crippen LogP contribution in [0.3, 0.4) is 0 Å². The number of hydrogen-bond donors (Lipinski definition) is 1. The van der Waals surface area contributed by atoms with Gasteiger partial charge in [0, 0.05) is 11.8 Å². The van der Waals surface area contributed by atoms with E-state index in [0.717, 1.165) is 5.39 Å². The van der Waals surface area contributed by atoms with E-state index < -0.39 is 5.91 Å². The van der Waals surface area contributed by atoms with E-state index in [1.807, 2.05) is 18.2 Å². The number of para-hydroxylation sites is 1. The maximum absolute atomic E-state index is 11.6. The summed E-state index contributed by atoms with van der Waals surface area (Å²) in [4.78, 5) is 22.6. The van der Waals surface area contributed by atoms with Gasteiger partial charge in [-0.25, -0.2) is 0 Å². The molecule has 1 aromatic carbocycles. The average Bonchev–Trinajstić information content (AvgIpc) is 2.72. The Kier molecular flexibility index (Phi) is 2.72. The fourth-order valence-corrected chi connectivity index (χ4v) is 1.37. The molecule has 0 aliphatic rings. The van der Waals surface area contributed by atoms with Gasteiger partial charge in [0.25, 0.3) is 5.91 Å². The molecule has 1 N–H and O–H groups in total. The van der Waals surface area contributed by atoms with Gasteiger partial charge in [-0.05, 0) is 12.1 Å². The molecule has 4 nitrogen and oxygen atoms in total. The van der Waals surface area contributed by atoms with Crippen molar-refractivity contribution in [3.63, 3.8) is 0 Å². The van der Waals surface area contributed by atoms with Crippen LogP contribution in [0.25, 0.3) is 11.0 Å². The summed E-state index contributed by atoms with van der Waals surface area (Å²) in [5.41, 5.74) is 0.636. The largest absolute Gasteiger partial charge is 0.451 e. The Balaban J connectivity index is 2.26. The summed E-state index contributed by atoms with van der Waals surface area (Å²) in [6, 6.07) is 8.92. The van der Waals surface area contributed by atoms with E-state index in [1.54, 1.807) is 19.1 Å². The van der Waals surface area contributed by atoms with E-state index in [-0.39, 0.29) is 18.1 Å². The van der Waals surface area contributed by atoms with Gasteiger partial charge in [0.15, 0.2) is 5.76 Å². The van der Waals surface area contributed by atoms with Crippen molar-refractivity contribution in [2.75, 3.05) is 0 Å². The number of amides is 2. The van der Waals surface area contributed by atoms with Gasteiger partial charge in [0.1, 0.15) is 5.58 Å². The number of nitrogens with one attached hydrogen (secondary N) is 1. The third kappa shape index (κ3) is 1.95. The topological polar surface area (TPSA) is 59.3 Å². The normalized spacial score (nSPS) is 10.3. The monoisotopic (exact) mass is 217 g/mol. The van der Waals surface area contributed by atoms with Gasteiger partial charge in [-0.15, -0.1) is 0 Å². The molecule has 2 rings (SSSR count). The second-order valence-corrected chi connectivity index (χ2v) is 3.38. The highest BCUT2D eigenvalue weighted by atomic mass is 16.3. The van der Waals surface area contributed by atoms with Gasteiger partial charge >= 0.3 is 0 Å². The first-order chi connectivity index (χ1) is 7.70. The highest BCUT2D eigenvalue weighted by Crippen LogP contribution is 2.18. The molecule has 0 fully saturated rings. The lowest BCUT2D eigenvalue weighted by Crippen LogP contribution is -2.29. The molecule has 0 unspecified atom stereocenters. The number of hydrogen-bond acceptors (Lipinski definition) is 3. The second kappa shape index (κ2) is 4.18. The molecule has 0 radical (unpaired) electrons. The first kappa shape index (κ1) is 10.4. The lowest BCUT2D eigenvalue weighted by atomic mass is 10.2. The number of furan rings is 1. The first-order valence-electron chi connectivity index (χ1n) is 5.03. The predicted molar refractivity (Wildman–Crippen MR) is 59.0 cm³/mol. The van der Waals surface area contributed by atoms with Gasteiger partial charge in [0.2, 0.25) is 5.91 Å². The van der Waals surface area contributed by atoms with E-state index >= 15 is 0 Å². The molecule has 4 heteroatoms. The molecule has 0 spiro atoms. The van der Waals surface area contributed by atoms with Crippen LogP contribution in [0, 0.1) is 0 Å². The van der Waals surface area contributed by atoms with E-state index in [9.17, 15) is 9.59 Å². The van der Waals surface area contributed by atoms with Crippen LogP contribution in [0.1, 0.15) is 23.9 Å². The van der Waals surface area contributed by atoms with Gasteiger partial charge in [-0.3, -0.25) is 14.9 Å². The zero-order chi connectivity index (χ0) is 11.5. The smallest absolute Gasteiger partial charge is 0.293 e. The van der Waals surface area contributed by atoms with Gasteiger partial charge in [-0.1, -0.05) is 25.1 Å². The molecule has 16 heavy (non-hydrogen) atoms. The molecule has 0 bridgehead atoms. The lowest BCUT2D eigenvalue weighted by molar-refractivity contribution is -0.119. The number of carbonyl (C=O) groups excluding carboxylic acids is 2. The molecule has 82 valence electrons. The van der Waals surface area contributed by atoms with Crippen molar-refractivity contribution in [1.82, 2.24) is 5.32 Å². The van der Waals surface area contributed by atoms with Crippen LogP contribution in [-0.4, -0.2) is 11.8 Å². The fraction of sp³-hybridized carbons (Fsp3) is 0.167. The summed E-state index contributed by atoms with van der Waals surface area (Å²) < 4.78 is 5.31. The summed E-state index contributed by atoms with van der Waals surface area (Å²) in [7, 11) is 0. The number of rotatable bonds is 2. The molecule has 0 aliphatic heterocycles. The summed E-state index contributed by atoms with van der Waals surface area (Å²) in [6.07, 6.45) is 0.270. The summed E-state index contributed by atoms with van der Waals surface area (Å²) >= 11 is 0. The minimum atomic E-state index is -0.497. The quantitative estimate of drug-likeness (QED) is 0.837. The average molecular weight is 217 g/mol. The Morgan fingerprint density at radius 1 is 1.31 bits per heavy atom. The van der Waals surface area contributed by atoms with Crippen LogP contribution < -0.4 is 5.32 Å². The van der Waals surface area contributed by atoms with Gasteiger partial charge in [-0.2, -0.15) is 0 Å². The molecule has 0 aliphatic carbocycles. The molecule has 1 heterocycles. The van der Waals surface area contributed by atoms with Crippen LogP contribution in [-0.2, 0) is 4.79 Å². The van der Waals surface area contributed by atoms with Crippen molar-refractivity contribution in [3.8, 4) is 0 Å². The van der Waals surface area contributed by atoms with Crippen LogP contribution in [0.2, 0.25) is 0 Å². The lowest BCUT2D eigenvalue weighted by Gasteiger charge is -1.97. The van der Waals surface area contributed by atoms with E-state index in [2.05, 4.69) is 5.32 Å².